The van der Waals surface area contributed by atoms with Crippen LogP contribution in [-0.4, -0.2) is 19.2 Å². The number of rotatable bonds is 5. The first-order valence-electron chi connectivity index (χ1n) is 7.21. The number of ether oxygens (including phenoxy) is 2. The van der Waals surface area contributed by atoms with Crippen molar-refractivity contribution >= 4 is 17.0 Å². The highest BCUT2D eigenvalue weighted by Crippen LogP contribution is 2.27. The number of nitrogen functional groups attached to an aromatic ring is 1. The predicted octanol–water partition coefficient (Wildman–Crippen LogP) is 4.00. The zero-order valence-corrected chi connectivity index (χ0v) is 13.9. The van der Waals surface area contributed by atoms with Crippen LogP contribution in [0, 0.1) is 0 Å². The topological polar surface area (TPSA) is 57.4 Å². The maximum Gasteiger partial charge on any atom is 0.141 e. The van der Waals surface area contributed by atoms with Crippen LogP contribution in [0.5, 0.6) is 11.5 Å². The summed E-state index contributed by atoms with van der Waals surface area (Å²) in [4.78, 5) is 4.71. The van der Waals surface area contributed by atoms with Gasteiger partial charge in [-0.2, -0.15) is 0 Å². The quantitative estimate of drug-likeness (QED) is 0.720. The van der Waals surface area contributed by atoms with Crippen LogP contribution in [0.15, 0.2) is 47.8 Å². The van der Waals surface area contributed by atoms with Crippen molar-refractivity contribution in [1.29, 1.82) is 0 Å². The third-order valence-corrected chi connectivity index (χ3v) is 4.44. The summed E-state index contributed by atoms with van der Waals surface area (Å²) >= 11 is 1.65. The van der Waals surface area contributed by atoms with Crippen LogP contribution in [-0.2, 0) is 6.42 Å². The Morgan fingerprint density at radius 3 is 2.48 bits per heavy atom. The molecule has 0 spiro atoms. The summed E-state index contributed by atoms with van der Waals surface area (Å²) in [6, 6.07) is 13.8. The van der Waals surface area contributed by atoms with Gasteiger partial charge in [0.2, 0.25) is 0 Å². The molecule has 1 heterocycles. The molecule has 4 nitrogen and oxygen atoms in total. The number of benzene rings is 2. The van der Waals surface area contributed by atoms with Gasteiger partial charge in [-0.3, -0.25) is 0 Å². The van der Waals surface area contributed by atoms with Gasteiger partial charge in [0.05, 0.1) is 30.6 Å². The van der Waals surface area contributed by atoms with Gasteiger partial charge in [0.25, 0.3) is 0 Å². The lowest BCUT2D eigenvalue weighted by Gasteiger charge is -2.06. The van der Waals surface area contributed by atoms with Crippen LogP contribution in [0.25, 0.3) is 11.3 Å². The summed E-state index contributed by atoms with van der Waals surface area (Å²) in [7, 11) is 3.28. The normalized spacial score (nSPS) is 10.5. The molecular weight excluding hydrogens is 308 g/mol. The van der Waals surface area contributed by atoms with Crippen LogP contribution in [0.4, 0.5) is 5.69 Å². The highest BCUT2D eigenvalue weighted by molar-refractivity contribution is 7.10. The van der Waals surface area contributed by atoms with E-state index in [4.69, 9.17) is 20.2 Å². The monoisotopic (exact) mass is 326 g/mol. The first-order valence-corrected chi connectivity index (χ1v) is 8.09. The van der Waals surface area contributed by atoms with Crippen molar-refractivity contribution in [2.75, 3.05) is 20.0 Å². The van der Waals surface area contributed by atoms with E-state index >= 15 is 0 Å². The number of hydrogen-bond donors (Lipinski definition) is 1. The Balaban J connectivity index is 1.77. The number of aromatic nitrogens is 1. The molecule has 23 heavy (non-hydrogen) atoms. The van der Waals surface area contributed by atoms with Gasteiger partial charge < -0.3 is 15.2 Å². The highest BCUT2D eigenvalue weighted by Gasteiger charge is 2.07. The van der Waals surface area contributed by atoms with E-state index in [9.17, 15) is 0 Å². The van der Waals surface area contributed by atoms with E-state index in [1.54, 1.807) is 25.6 Å². The number of methoxy groups -OCH3 is 2. The Kier molecular flexibility index (Phi) is 4.48. The number of nitrogens with two attached hydrogens (primary N) is 1. The maximum absolute atomic E-state index is 5.96. The number of nitrogens with zero attached hydrogens (tertiary/aromatic N) is 1. The minimum Gasteiger partial charge on any atom is -0.497 e. The molecule has 0 saturated heterocycles. The molecule has 5 heteroatoms. The first kappa shape index (κ1) is 15.4. The van der Waals surface area contributed by atoms with Crippen molar-refractivity contribution in [1.82, 2.24) is 4.98 Å². The smallest absolute Gasteiger partial charge is 0.141 e. The van der Waals surface area contributed by atoms with Crippen molar-refractivity contribution in [2.24, 2.45) is 0 Å². The van der Waals surface area contributed by atoms with Crippen molar-refractivity contribution < 1.29 is 9.47 Å². The molecule has 1 aromatic heterocycles. The molecule has 2 N–H and O–H groups in total. The minimum atomic E-state index is 0.650. The van der Waals surface area contributed by atoms with Crippen LogP contribution < -0.4 is 15.2 Å². The standard InChI is InChI=1S/C18H18N2O2S/c1-21-14-6-4-13(5-7-14)16-11-23-18(20-16)10-12-3-8-17(22-2)15(19)9-12/h3-9,11H,10,19H2,1-2H3. The molecule has 0 aliphatic carbocycles. The Hall–Kier alpha value is -2.53. The van der Waals surface area contributed by atoms with Gasteiger partial charge >= 0.3 is 0 Å². The number of anilines is 1. The molecule has 3 rings (SSSR count). The van der Waals surface area contributed by atoms with Crippen LogP contribution >= 0.6 is 11.3 Å². The minimum absolute atomic E-state index is 0.650. The highest BCUT2D eigenvalue weighted by atomic mass is 32.1. The average Bonchev–Trinajstić information content (AvgIpc) is 3.03. The summed E-state index contributed by atoms with van der Waals surface area (Å²) < 4.78 is 10.4. The van der Waals surface area contributed by atoms with E-state index in [2.05, 4.69) is 5.38 Å². The van der Waals surface area contributed by atoms with E-state index < -0.39 is 0 Å². The molecule has 118 valence electrons. The summed E-state index contributed by atoms with van der Waals surface area (Å²) in [6.45, 7) is 0. The molecule has 0 unspecified atom stereocenters. The Morgan fingerprint density at radius 2 is 1.83 bits per heavy atom. The Morgan fingerprint density at radius 1 is 1.04 bits per heavy atom. The van der Waals surface area contributed by atoms with Gasteiger partial charge in [-0.25, -0.2) is 4.98 Å². The summed E-state index contributed by atoms with van der Waals surface area (Å²) in [5.74, 6) is 1.55. The molecule has 0 radical (unpaired) electrons. The van der Waals surface area contributed by atoms with Crippen molar-refractivity contribution in [3.63, 3.8) is 0 Å². The van der Waals surface area contributed by atoms with Crippen molar-refractivity contribution in [2.45, 2.75) is 6.42 Å². The van der Waals surface area contributed by atoms with E-state index in [1.807, 2.05) is 42.5 Å². The lowest BCUT2D eigenvalue weighted by Crippen LogP contribution is -1.95. The summed E-state index contributed by atoms with van der Waals surface area (Å²) in [5, 5.41) is 3.13. The number of thiazole rings is 1. The van der Waals surface area contributed by atoms with Gasteiger partial charge in [0.15, 0.2) is 0 Å². The molecule has 0 aliphatic heterocycles. The second kappa shape index (κ2) is 6.71. The largest absolute Gasteiger partial charge is 0.497 e. The molecule has 3 aromatic rings. The van der Waals surface area contributed by atoms with E-state index in [1.165, 1.54) is 0 Å². The molecular formula is C18H18N2O2S. The van der Waals surface area contributed by atoms with Gasteiger partial charge in [-0.15, -0.1) is 11.3 Å². The second-order valence-electron chi connectivity index (χ2n) is 5.11. The SMILES string of the molecule is COc1ccc(-c2csc(Cc3ccc(OC)c(N)c3)n2)cc1. The fourth-order valence-electron chi connectivity index (χ4n) is 2.35. The molecule has 0 bridgehead atoms. The summed E-state index contributed by atoms with van der Waals surface area (Å²) in [6.07, 6.45) is 0.759. The van der Waals surface area contributed by atoms with Gasteiger partial charge in [-0.1, -0.05) is 6.07 Å². The lowest BCUT2D eigenvalue weighted by atomic mass is 10.1. The third-order valence-electron chi connectivity index (χ3n) is 3.59. The number of hydrogen-bond acceptors (Lipinski definition) is 5. The lowest BCUT2D eigenvalue weighted by molar-refractivity contribution is 0.415. The van der Waals surface area contributed by atoms with Crippen molar-refractivity contribution in [3.05, 3.63) is 58.4 Å². The third kappa shape index (κ3) is 3.46. The molecule has 0 fully saturated rings. The Bertz CT molecular complexity index is 797. The van der Waals surface area contributed by atoms with Crippen LogP contribution in [0.1, 0.15) is 10.6 Å². The van der Waals surface area contributed by atoms with E-state index in [0.717, 1.165) is 34.0 Å². The Labute approximate surface area is 139 Å². The van der Waals surface area contributed by atoms with Crippen LogP contribution in [0.2, 0.25) is 0 Å². The van der Waals surface area contributed by atoms with Crippen LogP contribution in [0.3, 0.4) is 0 Å². The van der Waals surface area contributed by atoms with Gasteiger partial charge in [-0.05, 0) is 42.0 Å². The second-order valence-corrected chi connectivity index (χ2v) is 6.05. The fraction of sp³-hybridized carbons (Fsp3) is 0.167. The molecule has 0 saturated carbocycles. The van der Waals surface area contributed by atoms with Gasteiger partial charge in [0.1, 0.15) is 11.5 Å². The predicted molar refractivity (Wildman–Crippen MR) is 94.3 cm³/mol. The van der Waals surface area contributed by atoms with E-state index in [0.29, 0.717) is 11.4 Å². The average molecular weight is 326 g/mol. The van der Waals surface area contributed by atoms with Gasteiger partial charge in [0, 0.05) is 17.4 Å². The fourth-order valence-corrected chi connectivity index (χ4v) is 3.19. The zero-order valence-electron chi connectivity index (χ0n) is 13.1. The first-order chi connectivity index (χ1) is 11.2. The van der Waals surface area contributed by atoms with Crippen molar-refractivity contribution in [3.8, 4) is 22.8 Å². The summed E-state index contributed by atoms with van der Waals surface area (Å²) in [5.41, 5.74) is 9.80. The maximum atomic E-state index is 5.96. The van der Waals surface area contributed by atoms with E-state index in [-0.39, 0.29) is 0 Å². The molecule has 2 aromatic carbocycles. The molecule has 0 aliphatic rings. The zero-order chi connectivity index (χ0) is 16.2. The molecule has 0 atom stereocenters. The molecule has 0 amide bonds.